The zero-order valence-electron chi connectivity index (χ0n) is 11.2. The summed E-state index contributed by atoms with van der Waals surface area (Å²) in [7, 11) is 1.14. The highest BCUT2D eigenvalue weighted by molar-refractivity contribution is 5.85. The molecule has 1 heterocycles. The van der Waals surface area contributed by atoms with Gasteiger partial charge in [0.05, 0.1) is 19.2 Å². The molecule has 0 bridgehead atoms. The van der Waals surface area contributed by atoms with E-state index in [1.54, 1.807) is 24.3 Å². The number of methoxy groups -OCH3 is 1. The van der Waals surface area contributed by atoms with Crippen molar-refractivity contribution in [2.24, 2.45) is 0 Å². The molecule has 1 aromatic carbocycles. The van der Waals surface area contributed by atoms with Crippen LogP contribution in [-0.4, -0.2) is 41.3 Å². The Bertz CT molecular complexity index is 717. The number of benzene rings is 1. The maximum absolute atomic E-state index is 11.9. The van der Waals surface area contributed by atoms with Crippen molar-refractivity contribution < 1.29 is 23.8 Å². The molecular formula is C13H14N2O6. The van der Waals surface area contributed by atoms with Gasteiger partial charge in [-0.3, -0.25) is 9.36 Å². The summed E-state index contributed by atoms with van der Waals surface area (Å²) >= 11 is 0. The van der Waals surface area contributed by atoms with Gasteiger partial charge in [0.25, 0.3) is 0 Å². The second-order valence-electron chi connectivity index (χ2n) is 4.25. The number of carbonyl (C=O) groups is 2. The van der Waals surface area contributed by atoms with Crippen molar-refractivity contribution in [1.82, 2.24) is 9.88 Å². The zero-order chi connectivity index (χ0) is 15.4. The topological polar surface area (TPSA) is 111 Å². The average Bonchev–Trinajstić information content (AvgIpc) is 2.80. The van der Waals surface area contributed by atoms with E-state index in [0.29, 0.717) is 11.1 Å². The first-order chi connectivity index (χ1) is 10.1. The van der Waals surface area contributed by atoms with Crippen LogP contribution in [0.2, 0.25) is 0 Å². The van der Waals surface area contributed by atoms with Gasteiger partial charge in [0, 0.05) is 0 Å². The van der Waals surface area contributed by atoms with Crippen molar-refractivity contribution >= 4 is 23.0 Å². The van der Waals surface area contributed by atoms with E-state index in [0.717, 1.165) is 11.7 Å². The van der Waals surface area contributed by atoms with E-state index in [-0.39, 0.29) is 6.54 Å². The molecule has 8 heteroatoms. The molecule has 0 saturated heterocycles. The average molecular weight is 294 g/mol. The lowest BCUT2D eigenvalue weighted by molar-refractivity contribution is -0.146. The molecule has 1 amide bonds. The minimum atomic E-state index is -1.17. The molecule has 0 aliphatic heterocycles. The quantitative estimate of drug-likeness (QED) is 0.702. The molecule has 8 nitrogen and oxygen atoms in total. The van der Waals surface area contributed by atoms with Gasteiger partial charge in [0.1, 0.15) is 6.54 Å². The van der Waals surface area contributed by atoms with Crippen molar-refractivity contribution in [2.45, 2.75) is 12.6 Å². The number of rotatable bonds is 5. The molecule has 1 unspecified atom stereocenters. The minimum Gasteiger partial charge on any atom is -0.467 e. The van der Waals surface area contributed by atoms with Gasteiger partial charge >= 0.3 is 11.7 Å². The van der Waals surface area contributed by atoms with Crippen LogP contribution in [0.25, 0.3) is 11.1 Å². The minimum absolute atomic E-state index is 0.330. The number of hydrogen-bond acceptors (Lipinski definition) is 6. The molecule has 2 rings (SSSR count). The summed E-state index contributed by atoms with van der Waals surface area (Å²) in [4.78, 5) is 34.8. The molecule has 1 atom stereocenters. The highest BCUT2D eigenvalue weighted by atomic mass is 16.5. The molecule has 0 spiro atoms. The number of esters is 1. The SMILES string of the molecule is COC(=O)C(CO)NC(=O)Cn1c(=O)oc2ccccc21. The maximum atomic E-state index is 11.9. The zero-order valence-corrected chi connectivity index (χ0v) is 11.2. The predicted octanol–water partition coefficient (Wildman–Crippen LogP) is -0.755. The number of aromatic nitrogens is 1. The Balaban J connectivity index is 2.17. The van der Waals surface area contributed by atoms with Crippen LogP contribution in [0.5, 0.6) is 0 Å². The molecule has 0 aliphatic carbocycles. The molecule has 0 radical (unpaired) electrons. The van der Waals surface area contributed by atoms with Crippen LogP contribution < -0.4 is 11.1 Å². The standard InChI is InChI=1S/C13H14N2O6/c1-20-12(18)8(7-16)14-11(17)6-15-9-4-2-3-5-10(9)21-13(15)19/h2-5,8,16H,6-7H2,1H3,(H,14,17). The van der Waals surface area contributed by atoms with Crippen molar-refractivity contribution in [3.05, 3.63) is 34.8 Å². The third kappa shape index (κ3) is 3.11. The summed E-state index contributed by atoms with van der Waals surface area (Å²) < 4.78 is 10.6. The number of para-hydroxylation sites is 2. The summed E-state index contributed by atoms with van der Waals surface area (Å²) in [5.41, 5.74) is 0.832. The molecule has 0 fully saturated rings. The molecule has 0 saturated carbocycles. The first kappa shape index (κ1) is 14.8. The number of fused-ring (bicyclic) bond motifs is 1. The number of oxazole rings is 1. The Hall–Kier alpha value is -2.61. The smallest absolute Gasteiger partial charge is 0.420 e. The fourth-order valence-corrected chi connectivity index (χ4v) is 1.87. The number of aliphatic hydroxyl groups is 1. The highest BCUT2D eigenvalue weighted by Gasteiger charge is 2.21. The Morgan fingerprint density at radius 2 is 2.14 bits per heavy atom. The van der Waals surface area contributed by atoms with E-state index in [2.05, 4.69) is 10.1 Å². The van der Waals surface area contributed by atoms with Gasteiger partial charge in [0.2, 0.25) is 5.91 Å². The monoisotopic (exact) mass is 294 g/mol. The fourth-order valence-electron chi connectivity index (χ4n) is 1.87. The second kappa shape index (κ2) is 6.23. The van der Waals surface area contributed by atoms with Crippen LogP contribution in [0.4, 0.5) is 0 Å². The van der Waals surface area contributed by atoms with Gasteiger partial charge < -0.3 is 19.6 Å². The summed E-state index contributed by atoms with van der Waals surface area (Å²) in [6.45, 7) is -0.928. The Morgan fingerprint density at radius 1 is 1.43 bits per heavy atom. The van der Waals surface area contributed by atoms with Crippen LogP contribution >= 0.6 is 0 Å². The molecule has 112 valence electrons. The van der Waals surface area contributed by atoms with Crippen LogP contribution in [-0.2, 0) is 20.9 Å². The lowest BCUT2D eigenvalue weighted by Crippen LogP contribution is -2.45. The van der Waals surface area contributed by atoms with E-state index >= 15 is 0 Å². The summed E-state index contributed by atoms with van der Waals surface area (Å²) in [5, 5.41) is 11.3. The number of aliphatic hydroxyl groups excluding tert-OH is 1. The lowest BCUT2D eigenvalue weighted by atomic mass is 10.3. The number of nitrogens with one attached hydrogen (secondary N) is 1. The highest BCUT2D eigenvalue weighted by Crippen LogP contribution is 2.11. The van der Waals surface area contributed by atoms with Gasteiger partial charge in [0.15, 0.2) is 11.6 Å². The van der Waals surface area contributed by atoms with Crippen molar-refractivity contribution in [3.63, 3.8) is 0 Å². The molecule has 0 aliphatic rings. The van der Waals surface area contributed by atoms with E-state index < -0.39 is 30.3 Å². The van der Waals surface area contributed by atoms with Gasteiger partial charge in [-0.15, -0.1) is 0 Å². The van der Waals surface area contributed by atoms with Gasteiger partial charge in [-0.1, -0.05) is 12.1 Å². The van der Waals surface area contributed by atoms with Crippen molar-refractivity contribution in [1.29, 1.82) is 0 Å². The first-order valence-corrected chi connectivity index (χ1v) is 6.13. The van der Waals surface area contributed by atoms with E-state index in [1.165, 1.54) is 0 Å². The predicted molar refractivity (Wildman–Crippen MR) is 71.5 cm³/mol. The van der Waals surface area contributed by atoms with E-state index in [1.807, 2.05) is 0 Å². The molecule has 2 aromatic rings. The third-order valence-corrected chi connectivity index (χ3v) is 2.88. The summed E-state index contributed by atoms with van der Waals surface area (Å²) in [6, 6.07) is 5.48. The van der Waals surface area contributed by atoms with E-state index in [4.69, 9.17) is 9.52 Å². The van der Waals surface area contributed by atoms with Crippen LogP contribution in [0.3, 0.4) is 0 Å². The van der Waals surface area contributed by atoms with Crippen molar-refractivity contribution in [2.75, 3.05) is 13.7 Å². The Kier molecular flexibility index (Phi) is 4.39. The molecule has 2 N–H and O–H groups in total. The summed E-state index contributed by atoms with van der Waals surface area (Å²) in [6.07, 6.45) is 0. The molecule has 1 aromatic heterocycles. The van der Waals surface area contributed by atoms with Crippen molar-refractivity contribution in [3.8, 4) is 0 Å². The normalized spacial score (nSPS) is 12.1. The van der Waals surface area contributed by atoms with Gasteiger partial charge in [-0.2, -0.15) is 0 Å². The number of nitrogens with zero attached hydrogens (tertiary/aromatic N) is 1. The molecule has 21 heavy (non-hydrogen) atoms. The maximum Gasteiger partial charge on any atom is 0.420 e. The summed E-state index contributed by atoms with van der Waals surface area (Å²) in [5.74, 6) is -2.06. The largest absolute Gasteiger partial charge is 0.467 e. The Labute approximate surface area is 118 Å². The van der Waals surface area contributed by atoms with Crippen LogP contribution in [0, 0.1) is 0 Å². The molecular weight excluding hydrogens is 280 g/mol. The second-order valence-corrected chi connectivity index (χ2v) is 4.25. The number of hydrogen-bond donors (Lipinski definition) is 2. The van der Waals surface area contributed by atoms with Crippen LogP contribution in [0.15, 0.2) is 33.5 Å². The fraction of sp³-hybridized carbons (Fsp3) is 0.308. The van der Waals surface area contributed by atoms with Gasteiger partial charge in [-0.25, -0.2) is 9.59 Å². The van der Waals surface area contributed by atoms with E-state index in [9.17, 15) is 14.4 Å². The Morgan fingerprint density at radius 3 is 2.81 bits per heavy atom. The lowest BCUT2D eigenvalue weighted by Gasteiger charge is -2.13. The number of carbonyl (C=O) groups excluding carboxylic acids is 2. The number of ether oxygens (including phenoxy) is 1. The number of amides is 1. The third-order valence-electron chi connectivity index (χ3n) is 2.88. The van der Waals surface area contributed by atoms with Gasteiger partial charge in [-0.05, 0) is 12.1 Å². The first-order valence-electron chi connectivity index (χ1n) is 6.13. The van der Waals surface area contributed by atoms with Crippen LogP contribution in [0.1, 0.15) is 0 Å².